The van der Waals surface area contributed by atoms with Gasteiger partial charge in [0.15, 0.2) is 0 Å². The van der Waals surface area contributed by atoms with Crippen LogP contribution in [0.4, 0.5) is 4.79 Å². The number of aliphatic carboxylic acids is 1. The first kappa shape index (κ1) is 16.8. The second-order valence-electron chi connectivity index (χ2n) is 5.65. The minimum Gasteiger partial charge on any atom is -0.481 e. The summed E-state index contributed by atoms with van der Waals surface area (Å²) in [5.74, 6) is -0.750. The molecule has 5 nitrogen and oxygen atoms in total. The largest absolute Gasteiger partial charge is 0.481 e. The third-order valence-electron chi connectivity index (χ3n) is 3.79. The summed E-state index contributed by atoms with van der Waals surface area (Å²) in [5.41, 5.74) is 0. The number of amides is 2. The molecule has 2 amide bonds. The third kappa shape index (κ3) is 8.77. The van der Waals surface area contributed by atoms with E-state index >= 15 is 0 Å². The van der Waals surface area contributed by atoms with Gasteiger partial charge in [0.1, 0.15) is 0 Å². The Morgan fingerprint density at radius 2 is 1.60 bits per heavy atom. The summed E-state index contributed by atoms with van der Waals surface area (Å²) in [6, 6.07) is 0.246. The molecule has 1 fully saturated rings. The first-order chi connectivity index (χ1) is 9.68. The summed E-state index contributed by atoms with van der Waals surface area (Å²) in [6.07, 6.45) is 11.1. The molecule has 5 heteroatoms. The van der Waals surface area contributed by atoms with Crippen molar-refractivity contribution in [3.8, 4) is 0 Å². The molecule has 0 aliphatic heterocycles. The molecule has 20 heavy (non-hydrogen) atoms. The van der Waals surface area contributed by atoms with E-state index in [1.807, 2.05) is 0 Å². The van der Waals surface area contributed by atoms with Crippen LogP contribution < -0.4 is 10.6 Å². The van der Waals surface area contributed by atoms with Gasteiger partial charge in [-0.2, -0.15) is 0 Å². The quantitative estimate of drug-likeness (QED) is 0.629. The summed E-state index contributed by atoms with van der Waals surface area (Å²) in [4.78, 5) is 22.1. The number of hydrogen-bond acceptors (Lipinski definition) is 2. The van der Waals surface area contributed by atoms with E-state index in [9.17, 15) is 9.59 Å². The van der Waals surface area contributed by atoms with Gasteiger partial charge in [-0.05, 0) is 25.7 Å². The van der Waals surface area contributed by atoms with Gasteiger partial charge in [-0.25, -0.2) is 4.79 Å². The van der Waals surface area contributed by atoms with Crippen LogP contribution in [0, 0.1) is 0 Å². The summed E-state index contributed by atoms with van der Waals surface area (Å²) in [6.45, 7) is 0.623. The van der Waals surface area contributed by atoms with Gasteiger partial charge in [0.2, 0.25) is 0 Å². The molecule has 116 valence electrons. The Labute approximate surface area is 121 Å². The zero-order chi connectivity index (χ0) is 14.6. The molecule has 0 spiro atoms. The van der Waals surface area contributed by atoms with Crippen LogP contribution in [-0.2, 0) is 4.79 Å². The average molecular weight is 284 g/mol. The predicted octanol–water partition coefficient (Wildman–Crippen LogP) is 3.04. The molecule has 0 bridgehead atoms. The fourth-order valence-electron chi connectivity index (χ4n) is 2.62. The second kappa shape index (κ2) is 10.5. The number of carbonyl (C=O) groups excluding carboxylic acids is 1. The van der Waals surface area contributed by atoms with Gasteiger partial charge < -0.3 is 15.7 Å². The number of carboxylic acid groups (broad SMARTS) is 1. The van der Waals surface area contributed by atoms with E-state index in [1.54, 1.807) is 0 Å². The van der Waals surface area contributed by atoms with E-state index in [-0.39, 0.29) is 12.5 Å². The van der Waals surface area contributed by atoms with Crippen molar-refractivity contribution in [2.24, 2.45) is 0 Å². The van der Waals surface area contributed by atoms with E-state index in [0.29, 0.717) is 19.0 Å². The van der Waals surface area contributed by atoms with Crippen LogP contribution >= 0.6 is 0 Å². The molecule has 0 radical (unpaired) electrons. The number of hydrogen-bond donors (Lipinski definition) is 3. The number of carbonyl (C=O) groups is 2. The molecule has 1 aliphatic carbocycles. The highest BCUT2D eigenvalue weighted by molar-refractivity contribution is 5.74. The van der Waals surface area contributed by atoms with Crippen LogP contribution in [0.1, 0.15) is 70.6 Å². The van der Waals surface area contributed by atoms with Crippen molar-refractivity contribution >= 4 is 12.0 Å². The lowest BCUT2D eigenvalue weighted by Crippen LogP contribution is -2.42. The van der Waals surface area contributed by atoms with Crippen LogP contribution in [0.15, 0.2) is 0 Å². The number of urea groups is 1. The van der Waals surface area contributed by atoms with Gasteiger partial charge in [0.05, 0.1) is 0 Å². The number of unbranched alkanes of at least 4 members (excludes halogenated alkanes) is 2. The summed E-state index contributed by atoms with van der Waals surface area (Å²) in [5, 5.41) is 14.4. The van der Waals surface area contributed by atoms with Gasteiger partial charge >= 0.3 is 12.0 Å². The normalized spacial score (nSPS) is 17.0. The van der Waals surface area contributed by atoms with E-state index in [2.05, 4.69) is 10.6 Å². The summed E-state index contributed by atoms with van der Waals surface area (Å²) in [7, 11) is 0. The van der Waals surface area contributed by atoms with Crippen molar-refractivity contribution in [2.75, 3.05) is 6.54 Å². The van der Waals surface area contributed by atoms with Gasteiger partial charge in [-0.3, -0.25) is 4.79 Å². The van der Waals surface area contributed by atoms with E-state index in [0.717, 1.165) is 25.7 Å². The lowest BCUT2D eigenvalue weighted by atomic mass is 9.97. The smallest absolute Gasteiger partial charge is 0.315 e. The number of rotatable bonds is 7. The maximum atomic E-state index is 11.7. The maximum Gasteiger partial charge on any atom is 0.315 e. The summed E-state index contributed by atoms with van der Waals surface area (Å²) < 4.78 is 0. The molecule has 0 aromatic carbocycles. The van der Waals surface area contributed by atoms with Crippen LogP contribution in [0.25, 0.3) is 0 Å². The Morgan fingerprint density at radius 1 is 0.950 bits per heavy atom. The van der Waals surface area contributed by atoms with Crippen molar-refractivity contribution in [1.82, 2.24) is 10.6 Å². The first-order valence-corrected chi connectivity index (χ1v) is 7.94. The Balaban J connectivity index is 2.02. The van der Waals surface area contributed by atoms with Crippen molar-refractivity contribution in [1.29, 1.82) is 0 Å². The molecule has 1 rings (SSSR count). The van der Waals surface area contributed by atoms with Crippen LogP contribution in [0.2, 0.25) is 0 Å². The molecule has 0 unspecified atom stereocenters. The molecule has 0 aromatic rings. The van der Waals surface area contributed by atoms with Gasteiger partial charge in [-0.15, -0.1) is 0 Å². The molecular formula is C15H28N2O3. The number of carboxylic acids is 1. The molecule has 0 atom stereocenters. The molecule has 0 aromatic heterocycles. The predicted molar refractivity (Wildman–Crippen MR) is 78.7 cm³/mol. The Morgan fingerprint density at radius 3 is 2.25 bits per heavy atom. The highest BCUT2D eigenvalue weighted by atomic mass is 16.4. The van der Waals surface area contributed by atoms with Gasteiger partial charge in [0.25, 0.3) is 0 Å². The van der Waals surface area contributed by atoms with Crippen molar-refractivity contribution in [2.45, 2.75) is 76.7 Å². The van der Waals surface area contributed by atoms with E-state index in [1.165, 1.54) is 32.1 Å². The minimum absolute atomic E-state index is 0.0752. The van der Waals surface area contributed by atoms with E-state index in [4.69, 9.17) is 5.11 Å². The van der Waals surface area contributed by atoms with Crippen molar-refractivity contribution in [3.63, 3.8) is 0 Å². The molecule has 0 heterocycles. The zero-order valence-electron chi connectivity index (χ0n) is 12.3. The zero-order valence-corrected chi connectivity index (χ0v) is 12.3. The molecule has 1 aliphatic rings. The maximum absolute atomic E-state index is 11.7. The highest BCUT2D eigenvalue weighted by Crippen LogP contribution is 2.16. The van der Waals surface area contributed by atoms with Crippen LogP contribution in [0.3, 0.4) is 0 Å². The van der Waals surface area contributed by atoms with Gasteiger partial charge in [0, 0.05) is 19.0 Å². The van der Waals surface area contributed by atoms with Crippen LogP contribution in [0.5, 0.6) is 0 Å². The van der Waals surface area contributed by atoms with Crippen LogP contribution in [-0.4, -0.2) is 29.7 Å². The Bertz CT molecular complexity index is 287. The minimum atomic E-state index is -0.750. The lowest BCUT2D eigenvalue weighted by Gasteiger charge is -2.21. The second-order valence-corrected chi connectivity index (χ2v) is 5.65. The fraction of sp³-hybridized carbons (Fsp3) is 0.867. The Hall–Kier alpha value is -1.26. The highest BCUT2D eigenvalue weighted by Gasteiger charge is 2.13. The third-order valence-corrected chi connectivity index (χ3v) is 3.79. The van der Waals surface area contributed by atoms with Crippen molar-refractivity contribution in [3.05, 3.63) is 0 Å². The molecule has 0 saturated heterocycles. The average Bonchev–Trinajstić information content (AvgIpc) is 2.36. The monoisotopic (exact) mass is 284 g/mol. The lowest BCUT2D eigenvalue weighted by molar-refractivity contribution is -0.137. The standard InChI is InChI=1S/C15H28N2O3/c18-14(19)11-7-4-8-12-16-15(20)17-13-9-5-2-1-3-6-10-13/h13H,1-12H2,(H,18,19)(H2,16,17,20). The summed E-state index contributed by atoms with van der Waals surface area (Å²) >= 11 is 0. The molecule has 1 saturated carbocycles. The van der Waals surface area contributed by atoms with Gasteiger partial charge in [-0.1, -0.05) is 38.5 Å². The molecular weight excluding hydrogens is 256 g/mol. The number of nitrogens with one attached hydrogen (secondary N) is 2. The van der Waals surface area contributed by atoms with E-state index < -0.39 is 5.97 Å². The molecule has 3 N–H and O–H groups in total. The first-order valence-electron chi connectivity index (χ1n) is 7.94. The SMILES string of the molecule is O=C(O)CCCCCNC(=O)NC1CCCCCCC1. The van der Waals surface area contributed by atoms with Crippen molar-refractivity contribution < 1.29 is 14.7 Å². The fourth-order valence-corrected chi connectivity index (χ4v) is 2.62. The Kier molecular flexibility index (Phi) is 8.83. The topological polar surface area (TPSA) is 78.4 Å².